The molecule has 1 heterocycles. The zero-order chi connectivity index (χ0) is 15.4. The molecule has 0 spiro atoms. The highest BCUT2D eigenvalue weighted by Crippen LogP contribution is 2.14. The van der Waals surface area contributed by atoms with Gasteiger partial charge in [0.15, 0.2) is 0 Å². The minimum Gasteiger partial charge on any atom is -0.322 e. The number of nitro groups is 1. The van der Waals surface area contributed by atoms with Crippen molar-refractivity contribution in [1.82, 2.24) is 4.98 Å². The third-order valence-corrected chi connectivity index (χ3v) is 2.60. The molecular formula is C13H9F2N3O3. The van der Waals surface area contributed by atoms with Gasteiger partial charge in [-0.15, -0.1) is 0 Å². The lowest BCUT2D eigenvalue weighted by molar-refractivity contribution is -0.384. The van der Waals surface area contributed by atoms with Gasteiger partial charge in [0.2, 0.25) is 17.8 Å². The highest BCUT2D eigenvalue weighted by atomic mass is 19.1. The fourth-order valence-corrected chi connectivity index (χ4v) is 1.62. The van der Waals surface area contributed by atoms with Crippen LogP contribution in [0, 0.1) is 22.0 Å². The van der Waals surface area contributed by atoms with Crippen LogP contribution in [0.1, 0.15) is 5.56 Å². The van der Waals surface area contributed by atoms with Crippen molar-refractivity contribution in [2.45, 2.75) is 6.42 Å². The summed E-state index contributed by atoms with van der Waals surface area (Å²) in [5, 5.41) is 12.7. The first-order valence-electron chi connectivity index (χ1n) is 5.81. The Bertz CT molecular complexity index is 690. The Morgan fingerprint density at radius 1 is 1.19 bits per heavy atom. The molecule has 2 aromatic rings. The minimum atomic E-state index is -1.12. The number of non-ortho nitro benzene ring substituents is 1. The normalized spacial score (nSPS) is 10.2. The number of amides is 1. The summed E-state index contributed by atoms with van der Waals surface area (Å²) in [6, 6.07) is 7.37. The first kappa shape index (κ1) is 14.5. The van der Waals surface area contributed by atoms with E-state index in [1.807, 2.05) is 0 Å². The average molecular weight is 293 g/mol. The van der Waals surface area contributed by atoms with Gasteiger partial charge in [-0.2, -0.15) is 13.8 Å². The van der Waals surface area contributed by atoms with Crippen LogP contribution in [0.4, 0.5) is 20.2 Å². The molecule has 0 saturated heterocycles. The SMILES string of the molecule is O=C(Cc1ccc([N+](=O)[O-])cc1)Nc1ccc(F)nc1F. The molecule has 21 heavy (non-hydrogen) atoms. The molecule has 0 aliphatic carbocycles. The number of nitro benzene ring substituents is 1. The Kier molecular flexibility index (Phi) is 4.17. The van der Waals surface area contributed by atoms with E-state index in [1.165, 1.54) is 24.3 Å². The van der Waals surface area contributed by atoms with Gasteiger partial charge in [-0.3, -0.25) is 14.9 Å². The Hall–Kier alpha value is -2.90. The van der Waals surface area contributed by atoms with Crippen LogP contribution in [0.5, 0.6) is 0 Å². The molecule has 0 atom stereocenters. The van der Waals surface area contributed by atoms with Crippen molar-refractivity contribution in [1.29, 1.82) is 0 Å². The van der Waals surface area contributed by atoms with Gasteiger partial charge >= 0.3 is 0 Å². The Morgan fingerprint density at radius 2 is 1.86 bits per heavy atom. The molecular weight excluding hydrogens is 284 g/mol. The lowest BCUT2D eigenvalue weighted by atomic mass is 10.1. The molecule has 0 aliphatic rings. The van der Waals surface area contributed by atoms with E-state index >= 15 is 0 Å². The Morgan fingerprint density at radius 3 is 2.43 bits per heavy atom. The highest BCUT2D eigenvalue weighted by Gasteiger charge is 2.11. The monoisotopic (exact) mass is 293 g/mol. The number of nitrogens with one attached hydrogen (secondary N) is 1. The van der Waals surface area contributed by atoms with Crippen LogP contribution < -0.4 is 5.32 Å². The minimum absolute atomic E-state index is 0.0899. The van der Waals surface area contributed by atoms with Gasteiger partial charge in [0.1, 0.15) is 0 Å². The highest BCUT2D eigenvalue weighted by molar-refractivity contribution is 5.92. The standard InChI is InChI=1S/C13H9F2N3O3/c14-11-6-5-10(13(15)17-11)16-12(19)7-8-1-3-9(4-2-8)18(20)21/h1-6H,7H2,(H,16,19). The number of nitrogens with zero attached hydrogens (tertiary/aromatic N) is 2. The molecule has 1 aromatic heterocycles. The van der Waals surface area contributed by atoms with Gasteiger partial charge in [-0.05, 0) is 17.7 Å². The van der Waals surface area contributed by atoms with Crippen LogP contribution in [-0.2, 0) is 11.2 Å². The Balaban J connectivity index is 2.02. The summed E-state index contributed by atoms with van der Waals surface area (Å²) in [5.74, 6) is -2.65. The maximum Gasteiger partial charge on any atom is 0.269 e. The molecule has 0 bridgehead atoms. The molecule has 0 saturated carbocycles. The number of hydrogen-bond acceptors (Lipinski definition) is 4. The zero-order valence-corrected chi connectivity index (χ0v) is 10.5. The maximum absolute atomic E-state index is 13.3. The molecule has 2 rings (SSSR count). The number of halogens is 2. The molecule has 8 heteroatoms. The van der Waals surface area contributed by atoms with Gasteiger partial charge in [-0.1, -0.05) is 12.1 Å². The second-order valence-corrected chi connectivity index (χ2v) is 4.12. The first-order chi connectivity index (χ1) is 9.95. The van der Waals surface area contributed by atoms with Crippen molar-refractivity contribution in [3.05, 3.63) is 64.0 Å². The van der Waals surface area contributed by atoms with Crippen molar-refractivity contribution >= 4 is 17.3 Å². The summed E-state index contributed by atoms with van der Waals surface area (Å²) < 4.78 is 25.9. The number of aromatic nitrogens is 1. The molecule has 1 amide bonds. The van der Waals surface area contributed by atoms with Crippen LogP contribution >= 0.6 is 0 Å². The maximum atomic E-state index is 13.3. The van der Waals surface area contributed by atoms with Gasteiger partial charge in [0.05, 0.1) is 17.0 Å². The predicted molar refractivity (Wildman–Crippen MR) is 69.6 cm³/mol. The van der Waals surface area contributed by atoms with Gasteiger partial charge < -0.3 is 5.32 Å². The lowest BCUT2D eigenvalue weighted by Gasteiger charge is -2.05. The number of pyridine rings is 1. The fraction of sp³-hybridized carbons (Fsp3) is 0.0769. The van der Waals surface area contributed by atoms with Crippen LogP contribution in [-0.4, -0.2) is 15.8 Å². The summed E-state index contributed by atoms with van der Waals surface area (Å²) >= 11 is 0. The third-order valence-electron chi connectivity index (χ3n) is 2.60. The first-order valence-corrected chi connectivity index (χ1v) is 5.81. The van der Waals surface area contributed by atoms with Crippen LogP contribution in [0.25, 0.3) is 0 Å². The summed E-state index contributed by atoms with van der Waals surface area (Å²) in [7, 11) is 0. The second-order valence-electron chi connectivity index (χ2n) is 4.12. The van der Waals surface area contributed by atoms with Crippen molar-refractivity contribution in [2.75, 3.05) is 5.32 Å². The topological polar surface area (TPSA) is 85.1 Å². The van der Waals surface area contributed by atoms with Gasteiger partial charge in [0.25, 0.3) is 5.69 Å². The summed E-state index contributed by atoms with van der Waals surface area (Å²) in [6.45, 7) is 0. The third kappa shape index (κ3) is 3.78. The molecule has 0 fully saturated rings. The summed E-state index contributed by atoms with van der Waals surface area (Å²) in [5.41, 5.74) is 0.199. The molecule has 1 N–H and O–H groups in total. The smallest absolute Gasteiger partial charge is 0.269 e. The average Bonchev–Trinajstić information content (AvgIpc) is 2.42. The van der Waals surface area contributed by atoms with E-state index in [9.17, 15) is 23.7 Å². The summed E-state index contributed by atoms with van der Waals surface area (Å²) in [4.78, 5) is 24.6. The van der Waals surface area contributed by atoms with Crippen molar-refractivity contribution in [2.24, 2.45) is 0 Å². The molecule has 108 valence electrons. The Labute approximate surface area is 117 Å². The zero-order valence-electron chi connectivity index (χ0n) is 10.5. The molecule has 0 aliphatic heterocycles. The van der Waals surface area contributed by atoms with Crippen LogP contribution in [0.15, 0.2) is 36.4 Å². The number of carbonyl (C=O) groups excluding carboxylic acids is 1. The summed E-state index contributed by atoms with van der Waals surface area (Å²) in [6.07, 6.45) is -0.102. The van der Waals surface area contributed by atoms with Gasteiger partial charge in [0, 0.05) is 12.1 Å². The van der Waals surface area contributed by atoms with Crippen molar-refractivity contribution in [3.8, 4) is 0 Å². The molecule has 0 radical (unpaired) electrons. The lowest BCUT2D eigenvalue weighted by Crippen LogP contribution is -2.16. The van der Waals surface area contributed by atoms with Crippen LogP contribution in [0.2, 0.25) is 0 Å². The van der Waals surface area contributed by atoms with E-state index in [0.717, 1.165) is 12.1 Å². The van der Waals surface area contributed by atoms with Crippen molar-refractivity contribution < 1.29 is 18.5 Å². The number of hydrogen-bond donors (Lipinski definition) is 1. The van der Waals surface area contributed by atoms with Gasteiger partial charge in [-0.25, -0.2) is 0 Å². The van der Waals surface area contributed by atoms with E-state index < -0.39 is 22.7 Å². The van der Waals surface area contributed by atoms with E-state index in [-0.39, 0.29) is 17.8 Å². The largest absolute Gasteiger partial charge is 0.322 e. The van der Waals surface area contributed by atoms with E-state index in [0.29, 0.717) is 5.56 Å². The van der Waals surface area contributed by atoms with E-state index in [1.54, 1.807) is 0 Å². The number of benzene rings is 1. The fourth-order valence-electron chi connectivity index (χ4n) is 1.62. The molecule has 6 nitrogen and oxygen atoms in total. The number of anilines is 1. The predicted octanol–water partition coefficient (Wildman–Crippen LogP) is 2.45. The molecule has 1 aromatic carbocycles. The van der Waals surface area contributed by atoms with E-state index in [4.69, 9.17) is 0 Å². The van der Waals surface area contributed by atoms with Crippen LogP contribution in [0.3, 0.4) is 0 Å². The second kappa shape index (κ2) is 6.04. The van der Waals surface area contributed by atoms with E-state index in [2.05, 4.69) is 10.3 Å². The number of carbonyl (C=O) groups is 1. The molecule has 0 unspecified atom stereocenters. The van der Waals surface area contributed by atoms with Crippen molar-refractivity contribution in [3.63, 3.8) is 0 Å². The number of rotatable bonds is 4. The quantitative estimate of drug-likeness (QED) is 0.533.